The molecule has 1 aliphatic heterocycles. The lowest BCUT2D eigenvalue weighted by Gasteiger charge is -2.29. The van der Waals surface area contributed by atoms with E-state index in [0.717, 1.165) is 32.1 Å². The molecule has 0 N–H and O–H groups in total. The van der Waals surface area contributed by atoms with Gasteiger partial charge in [0, 0.05) is 22.6 Å². The molecule has 0 amide bonds. The van der Waals surface area contributed by atoms with Gasteiger partial charge in [-0.2, -0.15) is 4.39 Å². The average Bonchev–Trinajstić information content (AvgIpc) is 2.94. The third kappa shape index (κ3) is 6.86. The molecule has 1 heterocycles. The number of halogens is 3. The lowest BCUT2D eigenvalue weighted by Crippen LogP contribution is -2.27. The van der Waals surface area contributed by atoms with E-state index >= 15 is 4.39 Å². The predicted molar refractivity (Wildman–Crippen MR) is 144 cm³/mol. The minimum absolute atomic E-state index is 0.0868. The largest absolute Gasteiger partial charge is 0.490 e. The topological polar surface area (TPSA) is 27.7 Å². The van der Waals surface area contributed by atoms with Crippen LogP contribution in [0.2, 0.25) is 0 Å². The van der Waals surface area contributed by atoms with Crippen LogP contribution >= 0.6 is 0 Å². The van der Waals surface area contributed by atoms with Crippen molar-refractivity contribution in [3.05, 3.63) is 89.8 Å². The van der Waals surface area contributed by atoms with Crippen molar-refractivity contribution >= 4 is 0 Å². The zero-order chi connectivity index (χ0) is 26.9. The summed E-state index contributed by atoms with van der Waals surface area (Å²) in [7, 11) is 0. The number of hydrogen-bond acceptors (Lipinski definition) is 3. The highest BCUT2D eigenvalue weighted by Crippen LogP contribution is 2.34. The summed E-state index contributed by atoms with van der Waals surface area (Å²) in [6.07, 6.45) is 8.33. The second kappa shape index (κ2) is 13.6. The highest BCUT2D eigenvalue weighted by molar-refractivity contribution is 5.71. The average molecular weight is 525 g/mol. The van der Waals surface area contributed by atoms with E-state index in [1.165, 1.54) is 18.2 Å². The van der Waals surface area contributed by atoms with Gasteiger partial charge in [0.05, 0.1) is 19.8 Å². The fourth-order valence-corrected chi connectivity index (χ4v) is 4.54. The van der Waals surface area contributed by atoms with Crippen LogP contribution in [0.1, 0.15) is 57.8 Å². The number of allylic oxidation sites excluding steroid dienone is 2. The van der Waals surface area contributed by atoms with Crippen LogP contribution < -0.4 is 4.74 Å². The van der Waals surface area contributed by atoms with Crippen molar-refractivity contribution in [2.75, 3.05) is 19.8 Å². The molecule has 0 aromatic heterocycles. The maximum atomic E-state index is 15.1. The van der Waals surface area contributed by atoms with E-state index in [4.69, 9.17) is 14.2 Å². The quantitative estimate of drug-likeness (QED) is 0.185. The van der Waals surface area contributed by atoms with Crippen LogP contribution in [-0.4, -0.2) is 19.8 Å². The highest BCUT2D eigenvalue weighted by Gasteiger charge is 2.24. The molecule has 3 aromatic carbocycles. The van der Waals surface area contributed by atoms with Crippen LogP contribution in [0.15, 0.2) is 66.7 Å². The van der Waals surface area contributed by atoms with Crippen LogP contribution in [0.3, 0.4) is 0 Å². The smallest absolute Gasteiger partial charge is 0.201 e. The molecular weight excluding hydrogens is 489 g/mol. The molecule has 0 radical (unpaired) electrons. The molecule has 0 aliphatic carbocycles. The van der Waals surface area contributed by atoms with E-state index < -0.39 is 23.7 Å². The van der Waals surface area contributed by atoms with Gasteiger partial charge in [0.2, 0.25) is 5.82 Å². The number of benzene rings is 3. The van der Waals surface area contributed by atoms with Crippen LogP contribution in [0.5, 0.6) is 5.75 Å². The first-order valence-corrected chi connectivity index (χ1v) is 13.4. The molecule has 0 spiro atoms. The molecule has 202 valence electrons. The van der Waals surface area contributed by atoms with Crippen LogP contribution in [-0.2, 0) is 9.47 Å². The first-order valence-electron chi connectivity index (χ1n) is 13.4. The van der Waals surface area contributed by atoms with Crippen LogP contribution in [0, 0.1) is 23.4 Å². The van der Waals surface area contributed by atoms with Gasteiger partial charge < -0.3 is 14.2 Å². The Morgan fingerprint density at radius 1 is 0.868 bits per heavy atom. The third-order valence-electron chi connectivity index (χ3n) is 6.77. The zero-order valence-corrected chi connectivity index (χ0v) is 22.0. The molecule has 1 aliphatic rings. The maximum Gasteiger partial charge on any atom is 0.201 e. The Morgan fingerprint density at radius 3 is 2.21 bits per heavy atom. The SMILES string of the molecule is C/C=C/CCC1COC(c2ccc(-c3ccc(-c4ccc(OCCCCC)c(F)c4F)cc3)c(F)c2)OC1. The summed E-state index contributed by atoms with van der Waals surface area (Å²) in [5, 5.41) is 0. The third-order valence-corrected chi connectivity index (χ3v) is 6.77. The molecule has 0 saturated carbocycles. The lowest BCUT2D eigenvalue weighted by atomic mass is 9.98. The summed E-state index contributed by atoms with van der Waals surface area (Å²) in [5.41, 5.74) is 2.28. The maximum absolute atomic E-state index is 15.1. The van der Waals surface area contributed by atoms with Gasteiger partial charge in [-0.3, -0.25) is 0 Å². The standard InChI is InChI=1S/C32H35F3O3/c1-3-5-7-9-22-20-37-32(38-21-22)25-14-15-26(28(33)19-25)23-10-12-24(13-11-23)27-16-17-29(31(35)30(27)34)36-18-8-6-4-2/h3,5,10-17,19,22,32H,4,6-9,18,20-21H2,1-2H3/b5-3+. The first-order chi connectivity index (χ1) is 18.5. The van der Waals surface area contributed by atoms with Gasteiger partial charge in [-0.15, -0.1) is 0 Å². The monoisotopic (exact) mass is 524 g/mol. The fourth-order valence-electron chi connectivity index (χ4n) is 4.54. The summed E-state index contributed by atoms with van der Waals surface area (Å²) < 4.78 is 61.5. The van der Waals surface area contributed by atoms with Crippen molar-refractivity contribution in [2.45, 2.75) is 52.2 Å². The number of ether oxygens (including phenoxy) is 3. The first kappa shape index (κ1) is 27.9. The molecular formula is C32H35F3O3. The number of hydrogen-bond donors (Lipinski definition) is 0. The second-order valence-corrected chi connectivity index (χ2v) is 9.62. The lowest BCUT2D eigenvalue weighted by molar-refractivity contribution is -0.205. The number of unbranched alkanes of at least 4 members (excludes halogenated alkanes) is 2. The molecule has 4 rings (SSSR count). The second-order valence-electron chi connectivity index (χ2n) is 9.62. The van der Waals surface area contributed by atoms with Crippen LogP contribution in [0.4, 0.5) is 13.2 Å². The Hall–Kier alpha value is -3.09. The summed E-state index contributed by atoms with van der Waals surface area (Å²) in [6.45, 7) is 5.57. The van der Waals surface area contributed by atoms with E-state index in [2.05, 4.69) is 13.0 Å². The summed E-state index contributed by atoms with van der Waals surface area (Å²) in [5.74, 6) is -2.12. The van der Waals surface area contributed by atoms with Gasteiger partial charge in [0.15, 0.2) is 17.9 Å². The van der Waals surface area contributed by atoms with Crippen molar-refractivity contribution in [1.82, 2.24) is 0 Å². The van der Waals surface area contributed by atoms with Crippen molar-refractivity contribution in [3.63, 3.8) is 0 Å². The van der Waals surface area contributed by atoms with E-state index in [0.29, 0.717) is 48.0 Å². The van der Waals surface area contributed by atoms with Gasteiger partial charge in [0.1, 0.15) is 5.82 Å². The van der Waals surface area contributed by atoms with Crippen molar-refractivity contribution in [2.24, 2.45) is 5.92 Å². The Kier molecular flexibility index (Phi) is 10.0. The molecule has 1 saturated heterocycles. The summed E-state index contributed by atoms with van der Waals surface area (Å²) in [6, 6.07) is 14.6. The molecule has 3 nitrogen and oxygen atoms in total. The van der Waals surface area contributed by atoms with E-state index in [-0.39, 0.29) is 11.3 Å². The Labute approximate surface area is 223 Å². The Morgan fingerprint density at radius 2 is 1.55 bits per heavy atom. The van der Waals surface area contributed by atoms with Gasteiger partial charge >= 0.3 is 0 Å². The highest BCUT2D eigenvalue weighted by atomic mass is 19.2. The van der Waals surface area contributed by atoms with E-state index in [1.807, 2.05) is 13.0 Å². The summed E-state index contributed by atoms with van der Waals surface area (Å²) >= 11 is 0. The zero-order valence-electron chi connectivity index (χ0n) is 22.0. The van der Waals surface area contributed by atoms with Crippen molar-refractivity contribution in [1.29, 1.82) is 0 Å². The molecule has 0 unspecified atom stereocenters. The Balaban J connectivity index is 1.42. The van der Waals surface area contributed by atoms with Crippen molar-refractivity contribution < 1.29 is 27.4 Å². The molecule has 1 fully saturated rings. The molecule has 3 aromatic rings. The molecule has 6 heteroatoms. The van der Waals surface area contributed by atoms with E-state index in [1.54, 1.807) is 36.4 Å². The van der Waals surface area contributed by atoms with E-state index in [9.17, 15) is 8.78 Å². The molecule has 0 bridgehead atoms. The predicted octanol–water partition coefficient (Wildman–Crippen LogP) is 9.02. The van der Waals surface area contributed by atoms with Crippen molar-refractivity contribution in [3.8, 4) is 28.0 Å². The normalized spacial score (nSPS) is 17.7. The van der Waals surface area contributed by atoms with Gasteiger partial charge in [-0.05, 0) is 55.5 Å². The Bertz CT molecular complexity index is 1220. The summed E-state index contributed by atoms with van der Waals surface area (Å²) in [4.78, 5) is 0. The minimum Gasteiger partial charge on any atom is -0.490 e. The fraction of sp³-hybridized carbons (Fsp3) is 0.375. The minimum atomic E-state index is -0.999. The van der Waals surface area contributed by atoms with Gasteiger partial charge in [-0.1, -0.05) is 68.3 Å². The molecule has 38 heavy (non-hydrogen) atoms. The molecule has 0 atom stereocenters. The van der Waals surface area contributed by atoms with Gasteiger partial charge in [-0.25, -0.2) is 8.78 Å². The number of rotatable bonds is 11. The van der Waals surface area contributed by atoms with Gasteiger partial charge in [0.25, 0.3) is 0 Å². The van der Waals surface area contributed by atoms with Crippen LogP contribution in [0.25, 0.3) is 22.3 Å².